The lowest BCUT2D eigenvalue weighted by Crippen LogP contribution is -2.41. The zero-order chi connectivity index (χ0) is 18.4. The number of Topliss-reactive ketones (excluding diaryl/α,β-unsaturated/α-hetero) is 1. The maximum atomic E-state index is 12.4. The van der Waals surface area contributed by atoms with E-state index in [1.54, 1.807) is 32.9 Å². The zero-order valence-corrected chi connectivity index (χ0v) is 15.1. The molecule has 1 aliphatic heterocycles. The number of rotatable bonds is 2. The molecule has 0 bridgehead atoms. The number of hydrogen-bond donors (Lipinski definition) is 0. The summed E-state index contributed by atoms with van der Waals surface area (Å²) in [5.74, 6) is -0.752. The van der Waals surface area contributed by atoms with Crippen LogP contribution in [-0.2, 0) is 22.6 Å². The normalized spacial score (nSPS) is 14.3. The first kappa shape index (κ1) is 17.5. The molecule has 2 heterocycles. The summed E-state index contributed by atoms with van der Waals surface area (Å²) in [7, 11) is 0. The van der Waals surface area contributed by atoms with E-state index in [2.05, 4.69) is 0 Å². The first-order chi connectivity index (χ1) is 11.7. The van der Waals surface area contributed by atoms with Crippen LogP contribution in [-0.4, -0.2) is 38.7 Å². The highest BCUT2D eigenvalue weighted by Gasteiger charge is 2.32. The fourth-order valence-electron chi connectivity index (χ4n) is 3.09. The van der Waals surface area contributed by atoms with Crippen molar-refractivity contribution in [3.05, 3.63) is 35.5 Å². The van der Waals surface area contributed by atoms with Gasteiger partial charge in [-0.1, -0.05) is 18.2 Å². The monoisotopic (exact) mass is 362 g/mol. The van der Waals surface area contributed by atoms with E-state index in [0.717, 1.165) is 5.52 Å². The van der Waals surface area contributed by atoms with Crippen molar-refractivity contribution in [2.45, 2.75) is 39.5 Å². The summed E-state index contributed by atoms with van der Waals surface area (Å²) in [6.07, 6.45) is -0.445. The lowest BCUT2D eigenvalue weighted by Gasteiger charge is -2.31. The Morgan fingerprint density at radius 3 is 2.44 bits per heavy atom. The highest BCUT2D eigenvalue weighted by Crippen LogP contribution is 2.31. The summed E-state index contributed by atoms with van der Waals surface area (Å²) >= 11 is 5.45. The van der Waals surface area contributed by atoms with Gasteiger partial charge in [0, 0.05) is 29.7 Å². The molecule has 0 saturated heterocycles. The second-order valence-electron chi connectivity index (χ2n) is 7.00. The van der Waals surface area contributed by atoms with Crippen molar-refractivity contribution in [3.8, 4) is 0 Å². The number of aromatic nitrogens is 1. The zero-order valence-electron chi connectivity index (χ0n) is 14.3. The van der Waals surface area contributed by atoms with Gasteiger partial charge >= 0.3 is 6.09 Å². The van der Waals surface area contributed by atoms with Crippen LogP contribution in [0.4, 0.5) is 4.79 Å². The number of carbonyl (C=O) groups excluding carboxylic acids is 3. The van der Waals surface area contributed by atoms with Crippen molar-refractivity contribution < 1.29 is 19.1 Å². The predicted molar refractivity (Wildman–Crippen MR) is 93.8 cm³/mol. The molecule has 3 rings (SSSR count). The Kier molecular flexibility index (Phi) is 4.33. The molecule has 0 unspecified atom stereocenters. The summed E-state index contributed by atoms with van der Waals surface area (Å²) in [6.45, 7) is 6.56. The number of fused-ring (bicyclic) bond motifs is 3. The number of benzene rings is 1. The van der Waals surface area contributed by atoms with E-state index in [9.17, 15) is 14.4 Å². The second kappa shape index (κ2) is 6.19. The summed E-state index contributed by atoms with van der Waals surface area (Å²) < 4.78 is 7.38. The Morgan fingerprint density at radius 2 is 1.80 bits per heavy atom. The van der Waals surface area contributed by atoms with E-state index in [4.69, 9.17) is 16.3 Å². The van der Waals surface area contributed by atoms with Gasteiger partial charge in [-0.3, -0.25) is 9.59 Å². The molecule has 6 nitrogen and oxygen atoms in total. The molecular formula is C18H19ClN2O4. The molecule has 1 amide bonds. The molecule has 132 valence electrons. The van der Waals surface area contributed by atoms with Crippen LogP contribution in [0.5, 0.6) is 0 Å². The van der Waals surface area contributed by atoms with Crippen LogP contribution in [0.1, 0.15) is 36.8 Å². The van der Waals surface area contributed by atoms with E-state index >= 15 is 0 Å². The third kappa shape index (κ3) is 3.26. The minimum Gasteiger partial charge on any atom is -0.444 e. The lowest BCUT2D eigenvalue weighted by molar-refractivity contribution is -0.108. The van der Waals surface area contributed by atoms with Crippen molar-refractivity contribution in [1.82, 2.24) is 9.47 Å². The average molecular weight is 363 g/mol. The fourth-order valence-corrected chi connectivity index (χ4v) is 3.19. The molecular weight excluding hydrogens is 344 g/mol. The molecule has 0 radical (unpaired) electrons. The maximum absolute atomic E-state index is 12.4. The van der Waals surface area contributed by atoms with E-state index < -0.39 is 22.7 Å². The summed E-state index contributed by atoms with van der Waals surface area (Å²) in [6, 6.07) is 7.34. The summed E-state index contributed by atoms with van der Waals surface area (Å²) in [4.78, 5) is 37.8. The van der Waals surface area contributed by atoms with Crippen molar-refractivity contribution in [2.24, 2.45) is 0 Å². The number of ketones is 1. The largest absolute Gasteiger partial charge is 0.444 e. The molecule has 1 aliphatic rings. The molecule has 1 aromatic heterocycles. The molecule has 0 fully saturated rings. The van der Waals surface area contributed by atoms with Gasteiger partial charge in [-0.2, -0.15) is 0 Å². The third-order valence-electron chi connectivity index (χ3n) is 4.07. The van der Waals surface area contributed by atoms with Gasteiger partial charge < -0.3 is 14.2 Å². The van der Waals surface area contributed by atoms with Gasteiger partial charge in [0.05, 0.1) is 12.1 Å². The Bertz CT molecular complexity index is 879. The van der Waals surface area contributed by atoms with E-state index in [0.29, 0.717) is 24.2 Å². The van der Waals surface area contributed by atoms with Crippen LogP contribution in [0, 0.1) is 0 Å². The van der Waals surface area contributed by atoms with E-state index in [1.165, 1.54) is 4.90 Å². The predicted octanol–water partition coefficient (Wildman–Crippen LogP) is 3.34. The number of halogens is 1. The van der Waals surface area contributed by atoms with Crippen molar-refractivity contribution in [3.63, 3.8) is 0 Å². The number of amides is 1. The minimum atomic E-state index is -1.03. The van der Waals surface area contributed by atoms with Crippen molar-refractivity contribution in [1.29, 1.82) is 0 Å². The average Bonchev–Trinajstić information content (AvgIpc) is 2.86. The minimum absolute atomic E-state index is 0.189. The van der Waals surface area contributed by atoms with Crippen LogP contribution in [0.2, 0.25) is 0 Å². The standard InChI is InChI=1S/C18H19ClN2O4/c1-18(2,3)25-17(24)20-8-9-21-12-7-5-4-6-11(12)14(13(21)10-20)15(22)16(19)23/h4-7H,8-10H2,1-3H3. The number of carbonyl (C=O) groups is 3. The molecule has 2 aromatic rings. The van der Waals surface area contributed by atoms with Crippen molar-refractivity contribution in [2.75, 3.05) is 6.54 Å². The van der Waals surface area contributed by atoms with E-state index in [1.807, 2.05) is 16.7 Å². The third-order valence-corrected chi connectivity index (χ3v) is 4.24. The lowest BCUT2D eigenvalue weighted by atomic mass is 10.1. The molecule has 7 heteroatoms. The van der Waals surface area contributed by atoms with E-state index in [-0.39, 0.29) is 12.1 Å². The Morgan fingerprint density at radius 1 is 1.12 bits per heavy atom. The van der Waals surface area contributed by atoms with Crippen LogP contribution in [0.15, 0.2) is 24.3 Å². The van der Waals surface area contributed by atoms with Gasteiger partial charge in [-0.05, 0) is 38.4 Å². The smallest absolute Gasteiger partial charge is 0.410 e. The maximum Gasteiger partial charge on any atom is 0.410 e. The number of nitrogens with zero attached hydrogens (tertiary/aromatic N) is 2. The van der Waals surface area contributed by atoms with Crippen LogP contribution >= 0.6 is 11.6 Å². The molecule has 0 aliphatic carbocycles. The van der Waals surface area contributed by atoms with Gasteiger partial charge in [0.1, 0.15) is 5.60 Å². The first-order valence-electron chi connectivity index (χ1n) is 8.01. The number of para-hydroxylation sites is 1. The quantitative estimate of drug-likeness (QED) is 0.467. The molecule has 0 N–H and O–H groups in total. The molecule has 25 heavy (non-hydrogen) atoms. The number of hydrogen-bond acceptors (Lipinski definition) is 4. The summed E-state index contributed by atoms with van der Waals surface area (Å²) in [5.41, 5.74) is 1.12. The van der Waals surface area contributed by atoms with Crippen LogP contribution in [0.3, 0.4) is 0 Å². The first-order valence-corrected chi connectivity index (χ1v) is 8.39. The van der Waals surface area contributed by atoms with Crippen molar-refractivity contribution >= 4 is 39.6 Å². The highest BCUT2D eigenvalue weighted by molar-refractivity contribution is 6.83. The Hall–Kier alpha value is -2.34. The van der Waals surface area contributed by atoms with Gasteiger partial charge in [0.15, 0.2) is 0 Å². The fraction of sp³-hybridized carbons (Fsp3) is 0.389. The molecule has 1 aromatic carbocycles. The van der Waals surface area contributed by atoms with Crippen LogP contribution in [0.25, 0.3) is 10.9 Å². The molecule has 0 spiro atoms. The molecule has 0 saturated carbocycles. The highest BCUT2D eigenvalue weighted by atomic mass is 35.5. The van der Waals surface area contributed by atoms with Gasteiger partial charge in [-0.25, -0.2) is 4.79 Å². The Balaban J connectivity index is 2.05. The Labute approximate surface area is 150 Å². The van der Waals surface area contributed by atoms with Gasteiger partial charge in [0.25, 0.3) is 5.24 Å². The van der Waals surface area contributed by atoms with Gasteiger partial charge in [-0.15, -0.1) is 0 Å². The SMILES string of the molecule is CC(C)(C)OC(=O)N1CCn2c(c(C(=O)C(=O)Cl)c3ccccc32)C1. The topological polar surface area (TPSA) is 68.6 Å². The summed E-state index contributed by atoms with van der Waals surface area (Å²) in [5, 5.41) is -0.365. The second-order valence-corrected chi connectivity index (χ2v) is 7.34. The van der Waals surface area contributed by atoms with Gasteiger partial charge in [0.2, 0.25) is 5.78 Å². The molecule has 0 atom stereocenters. The number of ether oxygens (including phenoxy) is 1. The van der Waals surface area contributed by atoms with Crippen LogP contribution < -0.4 is 0 Å².